The maximum Gasteiger partial charge on any atom is 0.259 e. The minimum Gasteiger partial charge on any atom is -0.493 e. The number of aryl methyl sites for hydroxylation is 1. The third-order valence-corrected chi connectivity index (χ3v) is 8.24. The molecule has 1 aromatic carbocycles. The first-order valence-corrected chi connectivity index (χ1v) is 13.9. The molecule has 0 aliphatic heterocycles. The van der Waals surface area contributed by atoms with Gasteiger partial charge in [-0.05, 0) is 37.6 Å². The van der Waals surface area contributed by atoms with Gasteiger partial charge >= 0.3 is 0 Å². The summed E-state index contributed by atoms with van der Waals surface area (Å²) in [7, 11) is 1.63. The largest absolute Gasteiger partial charge is 0.493 e. The van der Waals surface area contributed by atoms with Crippen LogP contribution in [0, 0.1) is 0 Å². The van der Waals surface area contributed by atoms with Crippen LogP contribution >= 0.6 is 11.3 Å². The number of sulfonamides is 1. The van der Waals surface area contributed by atoms with Gasteiger partial charge in [0.05, 0.1) is 25.9 Å². The van der Waals surface area contributed by atoms with Crippen molar-refractivity contribution in [1.29, 1.82) is 0 Å². The maximum absolute atomic E-state index is 12.8. The molecule has 35 heavy (non-hydrogen) atoms. The third kappa shape index (κ3) is 6.32. The van der Waals surface area contributed by atoms with Crippen molar-refractivity contribution in [3.05, 3.63) is 57.3 Å². The Balaban J connectivity index is 1.83. The van der Waals surface area contributed by atoms with E-state index in [1.54, 1.807) is 37.2 Å². The van der Waals surface area contributed by atoms with E-state index < -0.39 is 10.0 Å². The van der Waals surface area contributed by atoms with Gasteiger partial charge in [-0.3, -0.25) is 4.79 Å². The van der Waals surface area contributed by atoms with Crippen LogP contribution < -0.4 is 20.3 Å². The van der Waals surface area contributed by atoms with E-state index in [-0.39, 0.29) is 5.56 Å². The van der Waals surface area contributed by atoms with E-state index in [1.807, 2.05) is 50.4 Å². The van der Waals surface area contributed by atoms with Crippen molar-refractivity contribution in [2.45, 2.75) is 20.4 Å². The van der Waals surface area contributed by atoms with Crippen molar-refractivity contribution >= 4 is 31.4 Å². The Bertz CT molecular complexity index is 1390. The fourth-order valence-electron chi connectivity index (χ4n) is 3.75. The highest BCUT2D eigenvalue weighted by atomic mass is 32.2. The minimum atomic E-state index is -3.30. The number of methoxy groups -OCH3 is 2. The van der Waals surface area contributed by atoms with Gasteiger partial charge in [0.25, 0.3) is 5.56 Å². The molecule has 0 amide bonds. The Morgan fingerprint density at radius 1 is 1.20 bits per heavy atom. The Morgan fingerprint density at radius 2 is 1.91 bits per heavy atom. The lowest BCUT2D eigenvalue weighted by Gasteiger charge is -2.20. The standard InChI is InChI=1S/C25H33N3O5S2/c1-7-17(2)15-28(35(6,30)31)11-10-26-14-19-13-20-24(34-19)21(16-27(3)25(20)29)18-8-9-22(32-4)23(12-18)33-5/h7-9,12-13,16,26H,10-11,14-15H2,1-6H3/b17-7-. The van der Waals surface area contributed by atoms with Gasteiger partial charge in [0.2, 0.25) is 10.0 Å². The smallest absolute Gasteiger partial charge is 0.259 e. The predicted molar refractivity (Wildman–Crippen MR) is 143 cm³/mol. The number of nitrogens with zero attached hydrogens (tertiary/aromatic N) is 2. The Kier molecular flexibility index (Phi) is 8.76. The number of aromatic nitrogens is 1. The molecule has 8 nitrogen and oxygen atoms in total. The minimum absolute atomic E-state index is 0.0585. The summed E-state index contributed by atoms with van der Waals surface area (Å²) in [4.78, 5) is 13.8. The van der Waals surface area contributed by atoms with Gasteiger partial charge in [0.15, 0.2) is 11.5 Å². The molecule has 0 saturated carbocycles. The predicted octanol–water partition coefficient (Wildman–Crippen LogP) is 3.60. The van der Waals surface area contributed by atoms with Gasteiger partial charge in [-0.1, -0.05) is 17.7 Å². The second-order valence-electron chi connectivity index (χ2n) is 8.39. The van der Waals surface area contributed by atoms with Gasteiger partial charge < -0.3 is 19.4 Å². The fraction of sp³-hybridized carbons (Fsp3) is 0.400. The summed E-state index contributed by atoms with van der Waals surface area (Å²) in [6.45, 7) is 5.60. The normalized spacial score (nSPS) is 12.5. The highest BCUT2D eigenvalue weighted by Gasteiger charge is 2.17. The number of hydrogen-bond donors (Lipinski definition) is 1. The Morgan fingerprint density at radius 3 is 2.54 bits per heavy atom. The number of fused-ring (bicyclic) bond motifs is 1. The van der Waals surface area contributed by atoms with Crippen molar-refractivity contribution < 1.29 is 17.9 Å². The van der Waals surface area contributed by atoms with E-state index in [1.165, 1.54) is 10.6 Å². The summed E-state index contributed by atoms with van der Waals surface area (Å²) >= 11 is 1.55. The van der Waals surface area contributed by atoms with Crippen LogP contribution in [0.25, 0.3) is 21.2 Å². The Hall–Kier alpha value is -2.66. The lowest BCUT2D eigenvalue weighted by Crippen LogP contribution is -2.37. The molecule has 1 N–H and O–H groups in total. The molecule has 0 fully saturated rings. The zero-order chi connectivity index (χ0) is 25.8. The van der Waals surface area contributed by atoms with Gasteiger partial charge in [-0.25, -0.2) is 8.42 Å². The molecule has 190 valence electrons. The number of rotatable bonds is 11. The molecule has 0 aliphatic rings. The molecule has 3 aromatic rings. The zero-order valence-electron chi connectivity index (χ0n) is 21.0. The van der Waals surface area contributed by atoms with Gasteiger partial charge in [0, 0.05) is 54.6 Å². The molecule has 3 rings (SSSR count). The first-order valence-electron chi connectivity index (χ1n) is 11.2. The molecule has 2 aromatic heterocycles. The highest BCUT2D eigenvalue weighted by Crippen LogP contribution is 2.37. The molecule has 2 heterocycles. The summed E-state index contributed by atoms with van der Waals surface area (Å²) in [5.41, 5.74) is 2.80. The SMILES string of the molecule is C/C=C(/C)CN(CCNCc1cc2c(=O)n(C)cc(-c3ccc(OC)c(OC)c3)c2s1)S(C)(=O)=O. The van der Waals surface area contributed by atoms with Crippen molar-refractivity contribution in [2.24, 2.45) is 7.05 Å². The number of allylic oxidation sites excluding steroid dienone is 1. The van der Waals surface area contributed by atoms with E-state index in [4.69, 9.17) is 9.47 Å². The van der Waals surface area contributed by atoms with Crippen molar-refractivity contribution in [3.8, 4) is 22.6 Å². The number of pyridine rings is 1. The average molecular weight is 520 g/mol. The van der Waals surface area contributed by atoms with Crippen LogP contribution in [0.2, 0.25) is 0 Å². The topological polar surface area (TPSA) is 89.9 Å². The van der Waals surface area contributed by atoms with Crippen LogP contribution in [0.4, 0.5) is 0 Å². The van der Waals surface area contributed by atoms with Gasteiger partial charge in [-0.15, -0.1) is 11.3 Å². The molecular weight excluding hydrogens is 486 g/mol. The van der Waals surface area contributed by atoms with E-state index in [0.717, 1.165) is 26.3 Å². The van der Waals surface area contributed by atoms with Crippen molar-refractivity contribution in [3.63, 3.8) is 0 Å². The average Bonchev–Trinajstić information content (AvgIpc) is 3.26. The van der Waals surface area contributed by atoms with Crippen LogP contribution in [-0.4, -0.2) is 57.4 Å². The summed E-state index contributed by atoms with van der Waals surface area (Å²) in [6, 6.07) is 7.62. The lowest BCUT2D eigenvalue weighted by molar-refractivity contribution is 0.355. The molecular formula is C25H33N3O5S2. The highest BCUT2D eigenvalue weighted by molar-refractivity contribution is 7.88. The third-order valence-electron chi connectivity index (χ3n) is 5.82. The molecule has 0 saturated heterocycles. The second kappa shape index (κ2) is 11.4. The van der Waals surface area contributed by atoms with E-state index in [0.29, 0.717) is 43.1 Å². The van der Waals surface area contributed by atoms with Gasteiger partial charge in [-0.2, -0.15) is 4.31 Å². The van der Waals surface area contributed by atoms with Crippen LogP contribution in [-0.2, 0) is 23.6 Å². The molecule has 10 heteroatoms. The number of benzene rings is 1. The van der Waals surface area contributed by atoms with Crippen molar-refractivity contribution in [2.75, 3.05) is 40.1 Å². The first-order chi connectivity index (χ1) is 16.6. The monoisotopic (exact) mass is 519 g/mol. The summed E-state index contributed by atoms with van der Waals surface area (Å²) in [5, 5.41) is 3.98. The number of hydrogen-bond acceptors (Lipinski definition) is 7. The number of thiophene rings is 1. The maximum atomic E-state index is 12.8. The Labute approximate surface area is 210 Å². The second-order valence-corrected chi connectivity index (χ2v) is 11.5. The van der Waals surface area contributed by atoms with Crippen molar-refractivity contribution in [1.82, 2.24) is 14.2 Å². The quantitative estimate of drug-likeness (QED) is 0.308. The van der Waals surface area contributed by atoms with Crippen LogP contribution in [0.15, 0.2) is 46.9 Å². The van der Waals surface area contributed by atoms with E-state index >= 15 is 0 Å². The zero-order valence-corrected chi connectivity index (χ0v) is 22.7. The fourth-order valence-corrected chi connectivity index (χ4v) is 5.76. The molecule has 0 aliphatic carbocycles. The van der Waals surface area contributed by atoms with Crippen LogP contribution in [0.5, 0.6) is 11.5 Å². The molecule has 0 radical (unpaired) electrons. The summed E-state index contributed by atoms with van der Waals surface area (Å²) in [6.07, 6.45) is 4.99. The van der Waals surface area contributed by atoms with E-state index in [9.17, 15) is 13.2 Å². The van der Waals surface area contributed by atoms with Crippen LogP contribution in [0.3, 0.4) is 0 Å². The van der Waals surface area contributed by atoms with E-state index in [2.05, 4.69) is 5.32 Å². The van der Waals surface area contributed by atoms with Gasteiger partial charge in [0.1, 0.15) is 0 Å². The molecule has 0 spiro atoms. The summed E-state index contributed by atoms with van der Waals surface area (Å²) in [5.74, 6) is 1.26. The molecule has 0 atom stereocenters. The summed E-state index contributed by atoms with van der Waals surface area (Å²) < 4.78 is 39.0. The number of ether oxygens (including phenoxy) is 2. The molecule has 0 bridgehead atoms. The number of nitrogens with one attached hydrogen (secondary N) is 1. The first kappa shape index (κ1) is 26.9. The molecule has 0 unspecified atom stereocenters. The van der Waals surface area contributed by atoms with Crippen LogP contribution in [0.1, 0.15) is 18.7 Å². The lowest BCUT2D eigenvalue weighted by atomic mass is 10.1.